The third-order valence-corrected chi connectivity index (χ3v) is 6.42. The van der Waals surface area contributed by atoms with Crippen LogP contribution in [0.5, 0.6) is 11.5 Å². The number of furan rings is 1. The Labute approximate surface area is 200 Å². The molecule has 3 aromatic rings. The fraction of sp³-hybridized carbons (Fsp3) is 0.320. The number of carbonyl (C=O) groups excluding carboxylic acids is 1. The molecule has 0 radical (unpaired) electrons. The second-order valence-electron chi connectivity index (χ2n) is 7.54. The van der Waals surface area contributed by atoms with Crippen molar-refractivity contribution in [1.82, 2.24) is 4.57 Å². The Balaban J connectivity index is 2.07. The van der Waals surface area contributed by atoms with Crippen LogP contribution in [-0.4, -0.2) is 31.4 Å². The van der Waals surface area contributed by atoms with Crippen molar-refractivity contribution < 1.29 is 23.4 Å². The number of fused-ring (bicyclic) bond motifs is 1. The fourth-order valence-electron chi connectivity index (χ4n) is 3.97. The van der Waals surface area contributed by atoms with Crippen molar-refractivity contribution in [2.45, 2.75) is 32.7 Å². The summed E-state index contributed by atoms with van der Waals surface area (Å²) in [4.78, 5) is 32.2. The summed E-state index contributed by atoms with van der Waals surface area (Å²) >= 11 is 1.25. The van der Waals surface area contributed by atoms with Crippen molar-refractivity contribution in [2.75, 3.05) is 20.8 Å². The summed E-state index contributed by atoms with van der Waals surface area (Å²) in [5, 5.41) is 0. The van der Waals surface area contributed by atoms with E-state index in [9.17, 15) is 9.59 Å². The molecule has 8 nitrogen and oxygen atoms in total. The van der Waals surface area contributed by atoms with Gasteiger partial charge in [-0.05, 0) is 43.7 Å². The maximum Gasteiger partial charge on any atom is 0.338 e. The van der Waals surface area contributed by atoms with Crippen LogP contribution in [-0.2, 0) is 9.53 Å². The zero-order chi connectivity index (χ0) is 24.2. The zero-order valence-corrected chi connectivity index (χ0v) is 20.3. The van der Waals surface area contributed by atoms with E-state index in [1.165, 1.54) is 15.9 Å². The number of esters is 1. The molecular weight excluding hydrogens is 456 g/mol. The molecule has 0 saturated heterocycles. The van der Waals surface area contributed by atoms with Crippen LogP contribution < -0.4 is 24.4 Å². The van der Waals surface area contributed by atoms with E-state index >= 15 is 0 Å². The number of hydrogen-bond acceptors (Lipinski definition) is 8. The van der Waals surface area contributed by atoms with Crippen LogP contribution in [0.1, 0.15) is 44.1 Å². The van der Waals surface area contributed by atoms with Crippen molar-refractivity contribution in [2.24, 2.45) is 4.99 Å². The molecule has 1 aromatic carbocycles. The van der Waals surface area contributed by atoms with Gasteiger partial charge in [0.2, 0.25) is 0 Å². The first-order valence-corrected chi connectivity index (χ1v) is 11.8. The predicted octanol–water partition coefficient (Wildman–Crippen LogP) is 3.19. The summed E-state index contributed by atoms with van der Waals surface area (Å²) in [5.41, 5.74) is 1.25. The van der Waals surface area contributed by atoms with Crippen LogP contribution in [0, 0.1) is 0 Å². The van der Waals surface area contributed by atoms with Gasteiger partial charge >= 0.3 is 5.97 Å². The van der Waals surface area contributed by atoms with Gasteiger partial charge in [0.05, 0.1) is 42.9 Å². The number of methoxy groups -OCH3 is 2. The Kier molecular flexibility index (Phi) is 7.02. The lowest BCUT2D eigenvalue weighted by Gasteiger charge is -2.27. The Morgan fingerprint density at radius 1 is 1.24 bits per heavy atom. The van der Waals surface area contributed by atoms with Crippen LogP contribution in [0.3, 0.4) is 0 Å². The van der Waals surface area contributed by atoms with Gasteiger partial charge < -0.3 is 18.6 Å². The lowest BCUT2D eigenvalue weighted by molar-refractivity contribution is -0.139. The molecule has 1 aliphatic rings. The maximum atomic E-state index is 13.7. The van der Waals surface area contributed by atoms with Gasteiger partial charge in [0.25, 0.3) is 5.56 Å². The maximum absolute atomic E-state index is 13.7. The van der Waals surface area contributed by atoms with E-state index in [1.807, 2.05) is 6.92 Å². The molecule has 0 spiro atoms. The summed E-state index contributed by atoms with van der Waals surface area (Å²) in [6.45, 7) is 3.96. The number of benzene rings is 1. The Bertz CT molecular complexity index is 1400. The highest BCUT2D eigenvalue weighted by Gasteiger charge is 2.36. The SMILES string of the molecule is CCCC1=C(C(=O)OCC)C(c2cc(OC)ccc2OC)n2c(s/c(=C/c3ccco3)c2=O)=N1. The highest BCUT2D eigenvalue weighted by Crippen LogP contribution is 2.38. The van der Waals surface area contributed by atoms with E-state index in [-0.39, 0.29) is 12.2 Å². The molecule has 4 rings (SSSR count). The van der Waals surface area contributed by atoms with E-state index < -0.39 is 12.0 Å². The van der Waals surface area contributed by atoms with E-state index in [2.05, 4.69) is 0 Å². The Hall–Kier alpha value is -3.59. The number of rotatable bonds is 8. The average molecular weight is 483 g/mol. The van der Waals surface area contributed by atoms with Crippen LogP contribution in [0.4, 0.5) is 0 Å². The quantitative estimate of drug-likeness (QED) is 0.458. The molecule has 0 saturated carbocycles. The van der Waals surface area contributed by atoms with Gasteiger partial charge in [-0.15, -0.1) is 0 Å². The normalized spacial score (nSPS) is 15.6. The number of nitrogens with zero attached hydrogens (tertiary/aromatic N) is 2. The van der Waals surface area contributed by atoms with Crippen molar-refractivity contribution in [3.05, 3.63) is 78.9 Å². The predicted molar refractivity (Wildman–Crippen MR) is 128 cm³/mol. The topological polar surface area (TPSA) is 92.3 Å². The second kappa shape index (κ2) is 10.1. The number of carbonyl (C=O) groups is 1. The molecular formula is C25H26N2O6S. The van der Waals surface area contributed by atoms with Crippen molar-refractivity contribution >= 4 is 23.4 Å². The molecule has 34 heavy (non-hydrogen) atoms. The minimum Gasteiger partial charge on any atom is -0.497 e. The van der Waals surface area contributed by atoms with Crippen LogP contribution >= 0.6 is 11.3 Å². The average Bonchev–Trinajstić information content (AvgIpc) is 3.46. The third kappa shape index (κ3) is 4.31. The van der Waals surface area contributed by atoms with Gasteiger partial charge in [-0.2, -0.15) is 0 Å². The molecule has 0 amide bonds. The standard InChI is InChI=1S/C25H26N2O6S/c1-5-8-18-21(24(29)32-6-2)22(17-13-15(30-3)10-11-19(17)31-4)27-23(28)20(34-25(27)26-18)14-16-9-7-12-33-16/h7,9-14,22H,5-6,8H2,1-4H3/b20-14+. The number of aromatic nitrogens is 1. The zero-order valence-electron chi connectivity index (χ0n) is 19.5. The summed E-state index contributed by atoms with van der Waals surface area (Å²) in [5.74, 6) is 1.14. The van der Waals surface area contributed by atoms with Gasteiger partial charge in [-0.25, -0.2) is 9.79 Å². The first-order valence-electron chi connectivity index (χ1n) is 11.0. The van der Waals surface area contributed by atoms with Crippen molar-refractivity contribution in [1.29, 1.82) is 0 Å². The number of ether oxygens (including phenoxy) is 3. The van der Waals surface area contributed by atoms with Gasteiger partial charge in [-0.1, -0.05) is 24.7 Å². The van der Waals surface area contributed by atoms with Crippen LogP contribution in [0.2, 0.25) is 0 Å². The van der Waals surface area contributed by atoms with Gasteiger partial charge in [0, 0.05) is 11.6 Å². The highest BCUT2D eigenvalue weighted by atomic mass is 32.1. The summed E-state index contributed by atoms with van der Waals surface area (Å²) < 4.78 is 23.9. The smallest absolute Gasteiger partial charge is 0.338 e. The first-order chi connectivity index (χ1) is 16.5. The molecule has 0 N–H and O–H groups in total. The monoisotopic (exact) mass is 482 g/mol. The minimum atomic E-state index is -0.791. The van der Waals surface area contributed by atoms with Crippen molar-refractivity contribution in [3.63, 3.8) is 0 Å². The fourth-order valence-corrected chi connectivity index (χ4v) is 4.97. The summed E-state index contributed by atoms with van der Waals surface area (Å²) in [6.07, 6.45) is 4.55. The van der Waals surface area contributed by atoms with E-state index in [0.717, 1.165) is 6.42 Å². The Morgan fingerprint density at radius 3 is 2.71 bits per heavy atom. The van der Waals surface area contributed by atoms with E-state index in [1.54, 1.807) is 63.8 Å². The number of hydrogen-bond donors (Lipinski definition) is 0. The van der Waals surface area contributed by atoms with E-state index in [0.29, 0.717) is 49.8 Å². The first kappa shape index (κ1) is 23.6. The van der Waals surface area contributed by atoms with Crippen molar-refractivity contribution in [3.8, 4) is 11.5 Å². The number of allylic oxidation sites excluding steroid dienone is 1. The minimum absolute atomic E-state index is 0.201. The highest BCUT2D eigenvalue weighted by molar-refractivity contribution is 7.07. The molecule has 178 valence electrons. The third-order valence-electron chi connectivity index (χ3n) is 5.44. The molecule has 1 unspecified atom stereocenters. The van der Waals surface area contributed by atoms with E-state index in [4.69, 9.17) is 23.6 Å². The second-order valence-corrected chi connectivity index (χ2v) is 8.55. The molecule has 9 heteroatoms. The van der Waals surface area contributed by atoms with Crippen LogP contribution in [0.25, 0.3) is 6.08 Å². The largest absolute Gasteiger partial charge is 0.497 e. The molecule has 0 bridgehead atoms. The van der Waals surface area contributed by atoms with Gasteiger partial charge in [0.15, 0.2) is 4.80 Å². The van der Waals surface area contributed by atoms with Gasteiger partial charge in [-0.3, -0.25) is 9.36 Å². The lowest BCUT2D eigenvalue weighted by Crippen LogP contribution is -2.40. The molecule has 1 aliphatic heterocycles. The molecule has 0 aliphatic carbocycles. The Morgan fingerprint density at radius 2 is 2.06 bits per heavy atom. The number of thiazole rings is 1. The molecule has 3 heterocycles. The van der Waals surface area contributed by atoms with Gasteiger partial charge in [0.1, 0.15) is 23.3 Å². The molecule has 1 atom stereocenters. The summed E-state index contributed by atoms with van der Waals surface area (Å²) in [6, 6.07) is 8.04. The summed E-state index contributed by atoms with van der Waals surface area (Å²) in [7, 11) is 3.11. The van der Waals surface area contributed by atoms with Crippen LogP contribution in [0.15, 0.2) is 62.1 Å². The lowest BCUT2D eigenvalue weighted by atomic mass is 9.93. The molecule has 0 fully saturated rings. The molecule has 2 aromatic heterocycles.